The van der Waals surface area contributed by atoms with Crippen molar-refractivity contribution in [1.29, 1.82) is 0 Å². The summed E-state index contributed by atoms with van der Waals surface area (Å²) in [5.41, 5.74) is 0. The summed E-state index contributed by atoms with van der Waals surface area (Å²) < 4.78 is 4.64. The molecule has 3 nitrogen and oxygen atoms in total. The topological polar surface area (TPSA) is 43.4 Å². The van der Waals surface area contributed by atoms with Gasteiger partial charge in [0.25, 0.3) is 0 Å². The van der Waals surface area contributed by atoms with Crippen LogP contribution in [0.1, 0.15) is 21.6 Å². The molecule has 2 bridgehead atoms. The fraction of sp³-hybridized carbons (Fsp3) is 0.333. The number of carbonyl (C=O) groups excluding carboxylic acids is 2. The van der Waals surface area contributed by atoms with Gasteiger partial charge in [0.05, 0.1) is 13.0 Å². The van der Waals surface area contributed by atoms with Gasteiger partial charge in [0.1, 0.15) is 12.2 Å². The SMILES string of the molecule is COC(=O)C1c2ccc(s2)C1C=O. The molecule has 0 spiro atoms. The molecule has 4 heteroatoms. The van der Waals surface area contributed by atoms with Crippen molar-refractivity contribution in [3.63, 3.8) is 0 Å². The van der Waals surface area contributed by atoms with E-state index in [4.69, 9.17) is 0 Å². The van der Waals surface area contributed by atoms with Gasteiger partial charge in [-0.05, 0) is 12.1 Å². The second kappa shape index (κ2) is 2.96. The van der Waals surface area contributed by atoms with Crippen LogP contribution in [0.2, 0.25) is 0 Å². The first-order valence-corrected chi connectivity index (χ1v) is 4.72. The molecule has 0 saturated heterocycles. The molecule has 0 amide bonds. The molecule has 0 radical (unpaired) electrons. The first kappa shape index (κ1) is 8.44. The lowest BCUT2D eigenvalue weighted by Gasteiger charge is -2.14. The van der Waals surface area contributed by atoms with E-state index < -0.39 is 0 Å². The minimum Gasteiger partial charge on any atom is -0.468 e. The van der Waals surface area contributed by atoms with Crippen LogP contribution in [0, 0.1) is 0 Å². The Labute approximate surface area is 79.3 Å². The minimum absolute atomic E-state index is 0.308. The first-order valence-electron chi connectivity index (χ1n) is 3.90. The van der Waals surface area contributed by atoms with E-state index in [0.717, 1.165) is 16.0 Å². The van der Waals surface area contributed by atoms with Gasteiger partial charge in [0.15, 0.2) is 0 Å². The zero-order valence-electron chi connectivity index (χ0n) is 7.02. The Morgan fingerprint density at radius 2 is 2.23 bits per heavy atom. The highest BCUT2D eigenvalue weighted by Crippen LogP contribution is 2.45. The Balaban J connectivity index is 2.35. The van der Waals surface area contributed by atoms with Crippen LogP contribution >= 0.6 is 11.3 Å². The van der Waals surface area contributed by atoms with E-state index in [9.17, 15) is 9.59 Å². The van der Waals surface area contributed by atoms with Crippen LogP contribution in [0.25, 0.3) is 0 Å². The number of thiophene rings is 1. The van der Waals surface area contributed by atoms with E-state index in [0.29, 0.717) is 0 Å². The van der Waals surface area contributed by atoms with Crippen LogP contribution < -0.4 is 0 Å². The van der Waals surface area contributed by atoms with Crippen molar-refractivity contribution >= 4 is 23.6 Å². The quantitative estimate of drug-likeness (QED) is 0.529. The van der Waals surface area contributed by atoms with Gasteiger partial charge in [0, 0.05) is 9.75 Å². The van der Waals surface area contributed by atoms with Crippen molar-refractivity contribution in [2.75, 3.05) is 7.11 Å². The Bertz CT molecular complexity index is 355. The maximum absolute atomic E-state index is 11.3. The number of carbonyl (C=O) groups is 2. The van der Waals surface area contributed by atoms with E-state index in [1.54, 1.807) is 0 Å². The van der Waals surface area contributed by atoms with Crippen molar-refractivity contribution in [3.8, 4) is 0 Å². The normalized spacial score (nSPS) is 24.4. The summed E-state index contributed by atoms with van der Waals surface area (Å²) in [4.78, 5) is 23.9. The molecule has 1 aliphatic heterocycles. The van der Waals surface area contributed by atoms with Crippen LogP contribution in [0.5, 0.6) is 0 Å². The standard InChI is InChI=1S/C9H8O3S/c1-12-9(11)8-5(4-10)6-2-3-7(8)13-6/h2-5,8H,1H3. The average molecular weight is 196 g/mol. The minimum atomic E-state index is -0.382. The van der Waals surface area contributed by atoms with E-state index >= 15 is 0 Å². The summed E-state index contributed by atoms with van der Waals surface area (Å²) in [7, 11) is 1.34. The van der Waals surface area contributed by atoms with Gasteiger partial charge in [-0.2, -0.15) is 0 Å². The van der Waals surface area contributed by atoms with Gasteiger partial charge in [-0.15, -0.1) is 11.3 Å². The largest absolute Gasteiger partial charge is 0.468 e. The number of hydrogen-bond acceptors (Lipinski definition) is 4. The molecule has 2 rings (SSSR count). The fourth-order valence-corrected chi connectivity index (χ4v) is 2.83. The van der Waals surface area contributed by atoms with Crippen molar-refractivity contribution in [2.24, 2.45) is 0 Å². The number of rotatable bonds is 2. The number of ether oxygens (including phenoxy) is 1. The molecule has 0 fully saturated rings. The Hall–Kier alpha value is -1.16. The average Bonchev–Trinajstić information content (AvgIpc) is 2.74. The van der Waals surface area contributed by atoms with Crippen LogP contribution in [0.3, 0.4) is 0 Å². The molecule has 2 heterocycles. The van der Waals surface area contributed by atoms with Crippen LogP contribution in [0.4, 0.5) is 0 Å². The summed E-state index contributed by atoms with van der Waals surface area (Å²) >= 11 is 1.51. The van der Waals surface area contributed by atoms with Gasteiger partial charge in [-0.25, -0.2) is 0 Å². The molecule has 1 aromatic heterocycles. The van der Waals surface area contributed by atoms with Crippen molar-refractivity contribution in [2.45, 2.75) is 11.8 Å². The number of fused-ring (bicyclic) bond motifs is 2. The van der Waals surface area contributed by atoms with E-state index in [1.165, 1.54) is 18.4 Å². The molecule has 0 aromatic carbocycles. The highest BCUT2D eigenvalue weighted by molar-refractivity contribution is 7.13. The summed E-state index contributed by atoms with van der Waals surface area (Å²) in [6.07, 6.45) is 0.820. The Morgan fingerprint density at radius 3 is 2.85 bits per heavy atom. The predicted octanol–water partition coefficient (Wildman–Crippen LogP) is 1.30. The van der Waals surface area contributed by atoms with Gasteiger partial charge >= 0.3 is 5.97 Å². The summed E-state index contributed by atoms with van der Waals surface area (Å²) in [5.74, 6) is -1.01. The summed E-state index contributed by atoms with van der Waals surface area (Å²) in [6, 6.07) is 3.76. The maximum Gasteiger partial charge on any atom is 0.315 e. The molecule has 0 aliphatic carbocycles. The maximum atomic E-state index is 11.3. The van der Waals surface area contributed by atoms with Crippen LogP contribution in [0.15, 0.2) is 12.1 Å². The monoisotopic (exact) mass is 196 g/mol. The van der Waals surface area contributed by atoms with Gasteiger partial charge in [-0.1, -0.05) is 0 Å². The van der Waals surface area contributed by atoms with E-state index in [1.807, 2.05) is 12.1 Å². The number of hydrogen-bond donors (Lipinski definition) is 0. The number of aldehydes is 1. The zero-order chi connectivity index (χ0) is 9.42. The molecular weight excluding hydrogens is 188 g/mol. The smallest absolute Gasteiger partial charge is 0.315 e. The second-order valence-corrected chi connectivity index (χ2v) is 4.05. The molecule has 1 aliphatic rings. The lowest BCUT2D eigenvalue weighted by atomic mass is 9.88. The number of methoxy groups -OCH3 is 1. The van der Waals surface area contributed by atoms with E-state index in [-0.39, 0.29) is 17.8 Å². The molecule has 2 atom stereocenters. The molecule has 68 valence electrons. The van der Waals surface area contributed by atoms with Crippen molar-refractivity contribution in [3.05, 3.63) is 21.9 Å². The van der Waals surface area contributed by atoms with E-state index in [2.05, 4.69) is 4.74 Å². The first-order chi connectivity index (χ1) is 6.27. The highest BCUT2D eigenvalue weighted by atomic mass is 32.1. The third-order valence-electron chi connectivity index (χ3n) is 2.24. The zero-order valence-corrected chi connectivity index (χ0v) is 7.84. The predicted molar refractivity (Wildman–Crippen MR) is 47.9 cm³/mol. The van der Waals surface area contributed by atoms with Crippen LogP contribution in [-0.4, -0.2) is 19.4 Å². The lowest BCUT2D eigenvalue weighted by molar-refractivity contribution is -0.143. The Morgan fingerprint density at radius 1 is 1.54 bits per heavy atom. The van der Waals surface area contributed by atoms with Crippen LogP contribution in [-0.2, 0) is 14.3 Å². The Kier molecular flexibility index (Phi) is 1.92. The highest BCUT2D eigenvalue weighted by Gasteiger charge is 2.39. The van der Waals surface area contributed by atoms with Crippen molar-refractivity contribution in [1.82, 2.24) is 0 Å². The summed E-state index contributed by atoms with van der Waals surface area (Å²) in [6.45, 7) is 0. The molecule has 13 heavy (non-hydrogen) atoms. The molecule has 1 aromatic rings. The third-order valence-corrected chi connectivity index (χ3v) is 3.51. The molecule has 0 saturated carbocycles. The van der Waals surface area contributed by atoms with Gasteiger partial charge < -0.3 is 9.53 Å². The lowest BCUT2D eigenvalue weighted by Crippen LogP contribution is -2.19. The third kappa shape index (κ3) is 1.09. The molecular formula is C9H8O3S. The number of esters is 1. The van der Waals surface area contributed by atoms with Crippen molar-refractivity contribution < 1.29 is 14.3 Å². The van der Waals surface area contributed by atoms with Gasteiger partial charge in [0.2, 0.25) is 0 Å². The second-order valence-electron chi connectivity index (χ2n) is 2.90. The summed E-state index contributed by atoms with van der Waals surface area (Å²) in [5, 5.41) is 0. The van der Waals surface area contributed by atoms with Gasteiger partial charge in [-0.3, -0.25) is 4.79 Å². The molecule has 0 N–H and O–H groups in total. The fourth-order valence-electron chi connectivity index (χ4n) is 1.59. The molecule has 2 unspecified atom stereocenters.